The van der Waals surface area contributed by atoms with E-state index in [1.165, 1.54) is 18.3 Å². The van der Waals surface area contributed by atoms with Crippen LogP contribution in [0.2, 0.25) is 0 Å². The van der Waals surface area contributed by atoms with E-state index >= 15 is 0 Å². The summed E-state index contributed by atoms with van der Waals surface area (Å²) in [6.45, 7) is 0. The van der Waals surface area contributed by atoms with Crippen molar-refractivity contribution in [3.05, 3.63) is 60.2 Å². The van der Waals surface area contributed by atoms with Crippen molar-refractivity contribution in [2.75, 3.05) is 0 Å². The van der Waals surface area contributed by atoms with Gasteiger partial charge in [-0.25, -0.2) is 5.43 Å². The minimum absolute atomic E-state index is 0.0234. The Balaban J connectivity index is 2.21. The van der Waals surface area contributed by atoms with Crippen LogP contribution in [0.15, 0.2) is 41.5 Å². The van der Waals surface area contributed by atoms with Crippen molar-refractivity contribution in [2.24, 2.45) is 5.10 Å². The lowest BCUT2D eigenvalue weighted by Gasteiger charge is -2.11. The summed E-state index contributed by atoms with van der Waals surface area (Å²) in [5, 5.41) is 13.5. The van der Waals surface area contributed by atoms with Gasteiger partial charge in [-0.2, -0.15) is 18.3 Å². The van der Waals surface area contributed by atoms with E-state index in [9.17, 15) is 23.1 Å². The fourth-order valence-corrected chi connectivity index (χ4v) is 3.72. The summed E-state index contributed by atoms with van der Waals surface area (Å²) in [6.07, 6.45) is -3.46. The molecule has 2 aromatic rings. The number of nitrogens with one attached hydrogen (secondary N) is 1. The molecule has 0 atom stereocenters. The molecule has 1 amide bonds. The van der Waals surface area contributed by atoms with Gasteiger partial charge in [0.25, 0.3) is 5.91 Å². The second kappa shape index (κ2) is 7.68. The first kappa shape index (κ1) is 19.0. The highest BCUT2D eigenvalue weighted by atomic mass is 127. The molecule has 4 nitrogen and oxygen atoms in total. The standard InChI is InChI=1S/C15H9F3I2N2O2/c16-15(17,18)11-4-2-1-3-10(11)14(24)22-21-7-8-5-9(19)6-12(20)13(8)23/h1-7,23H,(H,22,24)/b21-7+. The van der Waals surface area contributed by atoms with Crippen LogP contribution in [0.25, 0.3) is 0 Å². The molecule has 2 N–H and O–H groups in total. The van der Waals surface area contributed by atoms with E-state index in [-0.39, 0.29) is 5.75 Å². The highest BCUT2D eigenvalue weighted by molar-refractivity contribution is 14.1. The number of benzene rings is 2. The first-order valence-electron chi connectivity index (χ1n) is 6.38. The van der Waals surface area contributed by atoms with Crippen LogP contribution in [0.1, 0.15) is 21.5 Å². The SMILES string of the molecule is O=C(N/N=C/c1cc(I)cc(I)c1O)c1ccccc1C(F)(F)F. The Kier molecular flexibility index (Phi) is 6.06. The molecule has 0 radical (unpaired) electrons. The number of hydrogen-bond acceptors (Lipinski definition) is 3. The minimum Gasteiger partial charge on any atom is -0.506 e. The number of alkyl halides is 3. The monoisotopic (exact) mass is 560 g/mol. The zero-order valence-corrected chi connectivity index (χ0v) is 16.0. The Morgan fingerprint density at radius 1 is 1.21 bits per heavy atom. The zero-order chi connectivity index (χ0) is 17.9. The molecule has 0 spiro atoms. The molecule has 9 heteroatoms. The van der Waals surface area contributed by atoms with Gasteiger partial charge >= 0.3 is 6.18 Å². The van der Waals surface area contributed by atoms with Crippen molar-refractivity contribution in [3.8, 4) is 5.75 Å². The smallest absolute Gasteiger partial charge is 0.417 e. The third kappa shape index (κ3) is 4.59. The lowest BCUT2D eigenvalue weighted by molar-refractivity contribution is -0.137. The van der Waals surface area contributed by atoms with Crippen LogP contribution in [-0.2, 0) is 6.18 Å². The van der Waals surface area contributed by atoms with E-state index in [0.29, 0.717) is 9.13 Å². The molecule has 0 aliphatic heterocycles. The maximum atomic E-state index is 12.9. The number of phenolic OH excluding ortho intramolecular Hbond substituents is 1. The Hall–Kier alpha value is -1.37. The molecule has 0 saturated carbocycles. The maximum Gasteiger partial charge on any atom is 0.417 e. The van der Waals surface area contributed by atoms with Crippen molar-refractivity contribution in [3.63, 3.8) is 0 Å². The molecular formula is C15H9F3I2N2O2. The summed E-state index contributed by atoms with van der Waals surface area (Å²) < 4.78 is 40.1. The molecule has 0 unspecified atom stereocenters. The summed E-state index contributed by atoms with van der Waals surface area (Å²) in [7, 11) is 0. The number of halogens is 5. The molecule has 0 aromatic heterocycles. The summed E-state index contributed by atoms with van der Waals surface area (Å²) in [4.78, 5) is 11.9. The minimum atomic E-state index is -4.64. The van der Waals surface area contributed by atoms with Crippen molar-refractivity contribution < 1.29 is 23.1 Å². The van der Waals surface area contributed by atoms with E-state index in [2.05, 4.69) is 5.10 Å². The van der Waals surface area contributed by atoms with Gasteiger partial charge in [-0.05, 0) is 69.4 Å². The molecule has 0 heterocycles. The van der Waals surface area contributed by atoms with Gasteiger partial charge in [0.05, 0.1) is 20.9 Å². The molecule has 2 aromatic carbocycles. The van der Waals surface area contributed by atoms with Gasteiger partial charge in [0.15, 0.2) is 0 Å². The zero-order valence-electron chi connectivity index (χ0n) is 11.7. The lowest BCUT2D eigenvalue weighted by atomic mass is 10.1. The average Bonchev–Trinajstić information content (AvgIpc) is 2.51. The number of carbonyl (C=O) groups is 1. The van der Waals surface area contributed by atoms with Crippen LogP contribution in [-0.4, -0.2) is 17.2 Å². The molecule has 0 fully saturated rings. The number of carbonyl (C=O) groups excluding carboxylic acids is 1. The predicted octanol–water partition coefficient (Wildman–Crippen LogP) is 4.38. The van der Waals surface area contributed by atoms with Gasteiger partial charge in [0.1, 0.15) is 5.75 Å². The van der Waals surface area contributed by atoms with E-state index in [1.54, 1.807) is 12.1 Å². The van der Waals surface area contributed by atoms with E-state index in [1.807, 2.05) is 50.6 Å². The topological polar surface area (TPSA) is 61.7 Å². The van der Waals surface area contributed by atoms with Crippen LogP contribution >= 0.6 is 45.2 Å². The molecule has 2 rings (SSSR count). The maximum absolute atomic E-state index is 12.9. The van der Waals surface area contributed by atoms with Gasteiger partial charge in [-0.3, -0.25) is 4.79 Å². The number of rotatable bonds is 3. The van der Waals surface area contributed by atoms with E-state index < -0.39 is 23.2 Å². The van der Waals surface area contributed by atoms with Crippen LogP contribution in [0.3, 0.4) is 0 Å². The highest BCUT2D eigenvalue weighted by Crippen LogP contribution is 2.31. The van der Waals surface area contributed by atoms with Gasteiger partial charge in [0.2, 0.25) is 0 Å². The largest absolute Gasteiger partial charge is 0.506 e. The number of phenols is 1. The quantitative estimate of drug-likeness (QED) is 0.333. The number of hydrazone groups is 1. The van der Waals surface area contributed by atoms with Crippen LogP contribution in [0.4, 0.5) is 13.2 Å². The van der Waals surface area contributed by atoms with Crippen molar-refractivity contribution >= 4 is 57.3 Å². The van der Waals surface area contributed by atoms with Crippen molar-refractivity contribution in [1.82, 2.24) is 5.43 Å². The Morgan fingerprint density at radius 3 is 2.54 bits per heavy atom. The normalized spacial score (nSPS) is 11.7. The third-order valence-corrected chi connectivity index (χ3v) is 4.35. The second-order valence-electron chi connectivity index (χ2n) is 4.57. The molecule has 0 aliphatic rings. The molecule has 0 aliphatic carbocycles. The number of hydrogen-bond donors (Lipinski definition) is 2. The van der Waals surface area contributed by atoms with E-state index in [4.69, 9.17) is 0 Å². The predicted molar refractivity (Wildman–Crippen MR) is 100 cm³/mol. The molecule has 126 valence electrons. The number of aromatic hydroxyl groups is 1. The molecule has 0 bridgehead atoms. The molecular weight excluding hydrogens is 551 g/mol. The highest BCUT2D eigenvalue weighted by Gasteiger charge is 2.34. The van der Waals surface area contributed by atoms with Crippen LogP contribution in [0.5, 0.6) is 5.75 Å². The summed E-state index contributed by atoms with van der Waals surface area (Å²) in [5.74, 6) is -1.01. The van der Waals surface area contributed by atoms with Gasteiger partial charge in [-0.15, -0.1) is 0 Å². The number of nitrogens with zero attached hydrogens (tertiary/aromatic N) is 1. The second-order valence-corrected chi connectivity index (χ2v) is 6.98. The third-order valence-electron chi connectivity index (χ3n) is 2.90. The molecule has 0 saturated heterocycles. The van der Waals surface area contributed by atoms with E-state index in [0.717, 1.165) is 15.7 Å². The van der Waals surface area contributed by atoms with Crippen molar-refractivity contribution in [1.29, 1.82) is 0 Å². The fourth-order valence-electron chi connectivity index (χ4n) is 1.83. The average molecular weight is 560 g/mol. The first-order chi connectivity index (χ1) is 11.2. The van der Waals surface area contributed by atoms with Gasteiger partial charge < -0.3 is 5.11 Å². The summed E-state index contributed by atoms with van der Waals surface area (Å²) in [5.41, 5.74) is 0.822. The summed E-state index contributed by atoms with van der Waals surface area (Å²) in [6, 6.07) is 7.80. The Bertz CT molecular complexity index is 808. The first-order valence-corrected chi connectivity index (χ1v) is 8.53. The Labute approximate surface area is 162 Å². The number of amides is 1. The Morgan fingerprint density at radius 2 is 1.88 bits per heavy atom. The molecule has 24 heavy (non-hydrogen) atoms. The fraction of sp³-hybridized carbons (Fsp3) is 0.0667. The lowest BCUT2D eigenvalue weighted by Crippen LogP contribution is -2.22. The summed E-state index contributed by atoms with van der Waals surface area (Å²) >= 11 is 3.98. The van der Waals surface area contributed by atoms with Crippen LogP contribution in [0, 0.1) is 7.14 Å². The van der Waals surface area contributed by atoms with Crippen LogP contribution < -0.4 is 5.43 Å². The van der Waals surface area contributed by atoms with Crippen molar-refractivity contribution in [2.45, 2.75) is 6.18 Å². The van der Waals surface area contributed by atoms with Gasteiger partial charge in [-0.1, -0.05) is 12.1 Å². The van der Waals surface area contributed by atoms with Gasteiger partial charge in [0, 0.05) is 9.13 Å².